The number of rotatable bonds is 7. The summed E-state index contributed by atoms with van der Waals surface area (Å²) >= 11 is 0. The molecule has 3 N–H and O–H groups in total. The van der Waals surface area contributed by atoms with Crippen molar-refractivity contribution in [1.82, 2.24) is 16.0 Å². The first-order chi connectivity index (χ1) is 13.2. The highest BCUT2D eigenvalue weighted by Crippen LogP contribution is 2.18. The molecule has 2 aromatic rings. The van der Waals surface area contributed by atoms with Crippen LogP contribution in [0.4, 0.5) is 0 Å². The summed E-state index contributed by atoms with van der Waals surface area (Å²) in [5.41, 5.74) is 1.52. The van der Waals surface area contributed by atoms with Crippen molar-refractivity contribution in [3.63, 3.8) is 0 Å². The quantitative estimate of drug-likeness (QED) is 0.706. The Morgan fingerprint density at radius 1 is 1.04 bits per heavy atom. The van der Waals surface area contributed by atoms with Crippen LogP contribution in [0.1, 0.15) is 41.2 Å². The summed E-state index contributed by atoms with van der Waals surface area (Å²) in [5, 5.41) is 9.40. The zero-order valence-electron chi connectivity index (χ0n) is 15.5. The van der Waals surface area contributed by atoms with E-state index >= 15 is 0 Å². The van der Waals surface area contributed by atoms with Gasteiger partial charge in [-0.3, -0.25) is 9.59 Å². The van der Waals surface area contributed by atoms with Gasteiger partial charge in [0.15, 0.2) is 0 Å². The van der Waals surface area contributed by atoms with Gasteiger partial charge in [0.25, 0.3) is 5.91 Å². The summed E-state index contributed by atoms with van der Waals surface area (Å²) in [6, 6.07) is 18.4. The van der Waals surface area contributed by atoms with Crippen LogP contribution in [0, 0.1) is 5.92 Å². The molecule has 1 heterocycles. The fourth-order valence-electron chi connectivity index (χ4n) is 3.38. The van der Waals surface area contributed by atoms with Gasteiger partial charge in [0.2, 0.25) is 5.91 Å². The van der Waals surface area contributed by atoms with Crippen LogP contribution in [-0.4, -0.2) is 31.4 Å². The van der Waals surface area contributed by atoms with Gasteiger partial charge in [0.05, 0.1) is 12.5 Å². The minimum Gasteiger partial charge on any atom is -0.356 e. The number of benzene rings is 2. The van der Waals surface area contributed by atoms with Crippen LogP contribution < -0.4 is 16.0 Å². The molecule has 2 amide bonds. The van der Waals surface area contributed by atoms with Crippen molar-refractivity contribution in [1.29, 1.82) is 0 Å². The zero-order valence-corrected chi connectivity index (χ0v) is 15.5. The Morgan fingerprint density at radius 2 is 1.74 bits per heavy atom. The maximum atomic E-state index is 12.6. The molecule has 0 bridgehead atoms. The van der Waals surface area contributed by atoms with E-state index in [1.165, 1.54) is 0 Å². The van der Waals surface area contributed by atoms with Crippen LogP contribution in [0.3, 0.4) is 0 Å². The second-order valence-corrected chi connectivity index (χ2v) is 7.02. The molecule has 1 saturated heterocycles. The Morgan fingerprint density at radius 3 is 2.41 bits per heavy atom. The van der Waals surface area contributed by atoms with Crippen molar-refractivity contribution in [2.45, 2.75) is 25.3 Å². The lowest BCUT2D eigenvalue weighted by atomic mass is 9.99. The molecule has 5 nitrogen and oxygen atoms in total. The molecule has 2 atom stereocenters. The van der Waals surface area contributed by atoms with E-state index in [4.69, 9.17) is 0 Å². The summed E-state index contributed by atoms with van der Waals surface area (Å²) in [5.74, 6) is 0.272. The monoisotopic (exact) mass is 365 g/mol. The molecule has 0 aromatic heterocycles. The molecule has 1 aliphatic heterocycles. The van der Waals surface area contributed by atoms with Crippen LogP contribution >= 0.6 is 0 Å². The first-order valence-electron chi connectivity index (χ1n) is 9.60. The lowest BCUT2D eigenvalue weighted by molar-refractivity contribution is -0.121. The minimum atomic E-state index is -0.358. The second-order valence-electron chi connectivity index (χ2n) is 7.02. The number of hydrogen-bond donors (Lipinski definition) is 3. The van der Waals surface area contributed by atoms with Gasteiger partial charge in [-0.2, -0.15) is 0 Å². The van der Waals surface area contributed by atoms with Crippen molar-refractivity contribution in [3.8, 4) is 0 Å². The van der Waals surface area contributed by atoms with E-state index in [1.807, 2.05) is 48.5 Å². The molecule has 0 aliphatic carbocycles. The summed E-state index contributed by atoms with van der Waals surface area (Å²) in [6.45, 7) is 2.69. The highest BCUT2D eigenvalue weighted by Gasteiger charge is 2.20. The van der Waals surface area contributed by atoms with E-state index in [-0.39, 0.29) is 24.3 Å². The molecule has 0 spiro atoms. The first-order valence-corrected chi connectivity index (χ1v) is 9.60. The Hall–Kier alpha value is -2.66. The lowest BCUT2D eigenvalue weighted by Gasteiger charge is -2.24. The van der Waals surface area contributed by atoms with Crippen molar-refractivity contribution in [2.75, 3.05) is 19.6 Å². The summed E-state index contributed by atoms with van der Waals surface area (Å²) in [6.07, 6.45) is 2.52. The average Bonchev–Trinajstić information content (AvgIpc) is 2.74. The molecule has 142 valence electrons. The van der Waals surface area contributed by atoms with E-state index in [0.29, 0.717) is 18.0 Å². The third-order valence-corrected chi connectivity index (χ3v) is 4.92. The number of carbonyl (C=O) groups is 2. The van der Waals surface area contributed by atoms with E-state index in [1.54, 1.807) is 12.1 Å². The largest absolute Gasteiger partial charge is 0.356 e. The molecule has 1 aliphatic rings. The van der Waals surface area contributed by atoms with Crippen molar-refractivity contribution in [3.05, 3.63) is 71.8 Å². The molecule has 5 heteroatoms. The lowest BCUT2D eigenvalue weighted by Crippen LogP contribution is -2.39. The highest BCUT2D eigenvalue weighted by molar-refractivity contribution is 5.94. The molecular weight excluding hydrogens is 338 g/mol. The van der Waals surface area contributed by atoms with E-state index in [2.05, 4.69) is 16.0 Å². The number of amides is 2. The molecule has 2 aromatic carbocycles. The molecule has 1 fully saturated rings. The summed E-state index contributed by atoms with van der Waals surface area (Å²) < 4.78 is 0. The fourth-order valence-corrected chi connectivity index (χ4v) is 3.38. The van der Waals surface area contributed by atoms with Crippen molar-refractivity contribution >= 4 is 11.8 Å². The molecule has 0 saturated carbocycles. The van der Waals surface area contributed by atoms with E-state index in [9.17, 15) is 9.59 Å². The second kappa shape index (κ2) is 9.88. The molecular formula is C22H27N3O2. The number of nitrogens with one attached hydrogen (secondary N) is 3. The summed E-state index contributed by atoms with van der Waals surface area (Å²) in [7, 11) is 0. The minimum absolute atomic E-state index is 0.0391. The smallest absolute Gasteiger partial charge is 0.251 e. The van der Waals surface area contributed by atoms with Crippen LogP contribution in [-0.2, 0) is 4.79 Å². The topological polar surface area (TPSA) is 70.2 Å². The van der Waals surface area contributed by atoms with E-state index < -0.39 is 0 Å². The van der Waals surface area contributed by atoms with Crippen LogP contribution in [0.15, 0.2) is 60.7 Å². The third kappa shape index (κ3) is 5.93. The molecule has 27 heavy (non-hydrogen) atoms. The Balaban J connectivity index is 1.61. The number of piperidine rings is 1. The normalized spacial score (nSPS) is 17.7. The van der Waals surface area contributed by atoms with Gasteiger partial charge in [0.1, 0.15) is 0 Å². The molecule has 3 rings (SSSR count). The predicted octanol–water partition coefficient (Wildman–Crippen LogP) is 2.66. The molecule has 0 radical (unpaired) electrons. The van der Waals surface area contributed by atoms with Gasteiger partial charge >= 0.3 is 0 Å². The zero-order chi connectivity index (χ0) is 18.9. The number of carbonyl (C=O) groups excluding carboxylic acids is 2. The Kier molecular flexibility index (Phi) is 6.99. The molecule has 2 unspecified atom stereocenters. The van der Waals surface area contributed by atoms with E-state index in [0.717, 1.165) is 31.5 Å². The van der Waals surface area contributed by atoms with Gasteiger partial charge in [-0.1, -0.05) is 48.5 Å². The van der Waals surface area contributed by atoms with Crippen molar-refractivity contribution < 1.29 is 9.59 Å². The Labute approximate surface area is 160 Å². The highest BCUT2D eigenvalue weighted by atomic mass is 16.2. The summed E-state index contributed by atoms with van der Waals surface area (Å²) in [4.78, 5) is 25.1. The van der Waals surface area contributed by atoms with Gasteiger partial charge in [0, 0.05) is 12.1 Å². The third-order valence-electron chi connectivity index (χ3n) is 4.92. The first kappa shape index (κ1) is 19.1. The maximum absolute atomic E-state index is 12.6. The van der Waals surface area contributed by atoms with Crippen LogP contribution in [0.25, 0.3) is 0 Å². The SMILES string of the molecule is O=C(CC(NC(=O)c1ccccc1)c1ccccc1)NCC1CCCNC1. The standard InChI is InChI=1S/C22H27N3O2/c26-21(24-16-17-8-7-13-23-15-17)14-20(18-9-3-1-4-10-18)25-22(27)19-11-5-2-6-12-19/h1-6,9-12,17,20,23H,7-8,13-16H2,(H,24,26)(H,25,27). The van der Waals surface area contributed by atoms with Gasteiger partial charge in [-0.15, -0.1) is 0 Å². The number of hydrogen-bond acceptors (Lipinski definition) is 3. The van der Waals surface area contributed by atoms with Gasteiger partial charge < -0.3 is 16.0 Å². The van der Waals surface area contributed by atoms with Gasteiger partial charge in [-0.05, 0) is 49.5 Å². The average molecular weight is 365 g/mol. The van der Waals surface area contributed by atoms with Crippen LogP contribution in [0.5, 0.6) is 0 Å². The van der Waals surface area contributed by atoms with Crippen molar-refractivity contribution in [2.24, 2.45) is 5.92 Å². The predicted molar refractivity (Wildman–Crippen MR) is 106 cm³/mol. The maximum Gasteiger partial charge on any atom is 0.251 e. The Bertz CT molecular complexity index is 728. The fraction of sp³-hybridized carbons (Fsp3) is 0.364. The van der Waals surface area contributed by atoms with Gasteiger partial charge in [-0.25, -0.2) is 0 Å². The van der Waals surface area contributed by atoms with Crippen LogP contribution in [0.2, 0.25) is 0 Å².